The summed E-state index contributed by atoms with van der Waals surface area (Å²) in [6, 6.07) is 0. The Labute approximate surface area is 154 Å². The fraction of sp³-hybridized carbons (Fsp3) is 0.739. The zero-order valence-corrected chi connectivity index (χ0v) is 16.7. The number of fused-ring (bicyclic) bond motifs is 3. The van der Waals surface area contributed by atoms with Gasteiger partial charge in [-0.1, -0.05) is 58.8 Å². The van der Waals surface area contributed by atoms with Gasteiger partial charge in [-0.3, -0.25) is 4.79 Å². The zero-order chi connectivity index (χ0) is 18.2. The number of allylic oxidation sites excluding steroid dienone is 4. The number of carbonyl (C=O) groups is 1. The fourth-order valence-corrected chi connectivity index (χ4v) is 6.02. The van der Waals surface area contributed by atoms with Crippen LogP contribution in [0.5, 0.6) is 0 Å². The molecule has 1 radical (unpaired) electrons. The molecule has 0 saturated heterocycles. The molecule has 1 saturated carbocycles. The molecular weight excluding hydrogens is 306 g/mol. The maximum atomic E-state index is 13.0. The molecule has 0 aromatic carbocycles. The lowest BCUT2D eigenvalue weighted by Crippen LogP contribution is -2.55. The average molecular weight is 343 g/mol. The summed E-state index contributed by atoms with van der Waals surface area (Å²) in [4.78, 5) is 13.0. The molecule has 0 aromatic rings. The van der Waals surface area contributed by atoms with Gasteiger partial charge in [-0.05, 0) is 67.3 Å². The summed E-state index contributed by atoms with van der Waals surface area (Å²) < 4.78 is 0. The molecule has 1 N–H and O–H groups in total. The lowest BCUT2D eigenvalue weighted by molar-refractivity contribution is -0.144. The van der Waals surface area contributed by atoms with E-state index in [0.717, 1.165) is 19.3 Å². The third-order valence-electron chi connectivity index (χ3n) is 7.56. The molecule has 3 aliphatic carbocycles. The van der Waals surface area contributed by atoms with Crippen LogP contribution in [0.15, 0.2) is 23.3 Å². The SMILES string of the molecule is [CH2]CCNC(=O)[C@@]1(C)CCC[C@@]2(C)C1CC=C1C=C(C(C)C)CC[C@H]12. The van der Waals surface area contributed by atoms with Gasteiger partial charge >= 0.3 is 0 Å². The van der Waals surface area contributed by atoms with Crippen LogP contribution < -0.4 is 5.32 Å². The van der Waals surface area contributed by atoms with Crippen LogP contribution in [0.2, 0.25) is 0 Å². The van der Waals surface area contributed by atoms with Gasteiger partial charge in [0.05, 0.1) is 5.41 Å². The normalized spacial score (nSPS) is 37.7. The zero-order valence-electron chi connectivity index (χ0n) is 16.7. The minimum Gasteiger partial charge on any atom is -0.356 e. The van der Waals surface area contributed by atoms with Crippen LogP contribution in [-0.2, 0) is 4.79 Å². The van der Waals surface area contributed by atoms with Crippen LogP contribution in [-0.4, -0.2) is 12.5 Å². The number of hydrogen-bond acceptors (Lipinski definition) is 1. The first-order valence-electron chi connectivity index (χ1n) is 10.3. The maximum absolute atomic E-state index is 13.0. The van der Waals surface area contributed by atoms with Gasteiger partial charge in [0.2, 0.25) is 5.91 Å². The third kappa shape index (κ3) is 3.11. The number of rotatable bonds is 4. The molecule has 1 amide bonds. The molecule has 1 unspecified atom stereocenters. The Kier molecular flexibility index (Phi) is 5.19. The van der Waals surface area contributed by atoms with E-state index in [4.69, 9.17) is 0 Å². The predicted octanol–water partition coefficient (Wildman–Crippen LogP) is 5.46. The highest BCUT2D eigenvalue weighted by Gasteiger charge is 2.56. The number of hydrogen-bond donors (Lipinski definition) is 1. The topological polar surface area (TPSA) is 29.1 Å². The van der Waals surface area contributed by atoms with E-state index in [9.17, 15) is 4.79 Å². The van der Waals surface area contributed by atoms with Crippen LogP contribution in [0.3, 0.4) is 0 Å². The summed E-state index contributed by atoms with van der Waals surface area (Å²) in [6.45, 7) is 13.9. The largest absolute Gasteiger partial charge is 0.356 e. The van der Waals surface area contributed by atoms with E-state index in [-0.39, 0.29) is 16.7 Å². The van der Waals surface area contributed by atoms with Gasteiger partial charge in [0.1, 0.15) is 0 Å². The number of carbonyl (C=O) groups excluding carboxylic acids is 1. The van der Waals surface area contributed by atoms with E-state index < -0.39 is 0 Å². The molecule has 0 spiro atoms. The fourth-order valence-electron chi connectivity index (χ4n) is 6.02. The molecule has 3 aliphatic rings. The summed E-state index contributed by atoms with van der Waals surface area (Å²) in [5.74, 6) is 2.01. The minimum absolute atomic E-state index is 0.230. The Hall–Kier alpha value is -1.05. The second-order valence-electron chi connectivity index (χ2n) is 9.34. The van der Waals surface area contributed by atoms with Crippen molar-refractivity contribution in [2.24, 2.45) is 28.6 Å². The number of nitrogens with one attached hydrogen (secondary N) is 1. The molecule has 0 bridgehead atoms. The Balaban J connectivity index is 1.91. The van der Waals surface area contributed by atoms with Gasteiger partial charge in [0, 0.05) is 6.54 Å². The van der Waals surface area contributed by atoms with Crippen molar-refractivity contribution in [3.05, 3.63) is 30.2 Å². The molecule has 0 aromatic heterocycles. The first-order valence-corrected chi connectivity index (χ1v) is 10.3. The molecule has 0 aliphatic heterocycles. The van der Waals surface area contributed by atoms with Gasteiger partial charge in [-0.2, -0.15) is 0 Å². The van der Waals surface area contributed by atoms with Gasteiger partial charge in [-0.15, -0.1) is 0 Å². The summed E-state index contributed by atoms with van der Waals surface area (Å²) >= 11 is 0. The molecule has 4 atom stereocenters. The Bertz CT molecular complexity index is 587. The molecule has 25 heavy (non-hydrogen) atoms. The van der Waals surface area contributed by atoms with E-state index in [1.807, 2.05) is 0 Å². The second kappa shape index (κ2) is 6.93. The summed E-state index contributed by atoms with van der Waals surface area (Å²) in [5.41, 5.74) is 3.21. The minimum atomic E-state index is -0.230. The van der Waals surface area contributed by atoms with Crippen LogP contribution in [0.4, 0.5) is 0 Å². The molecule has 2 heteroatoms. The van der Waals surface area contributed by atoms with Crippen molar-refractivity contribution in [2.75, 3.05) is 6.54 Å². The van der Waals surface area contributed by atoms with Crippen LogP contribution in [0.25, 0.3) is 0 Å². The summed E-state index contributed by atoms with van der Waals surface area (Å²) in [5, 5.41) is 3.15. The Morgan fingerprint density at radius 3 is 2.80 bits per heavy atom. The van der Waals surface area contributed by atoms with Gasteiger partial charge in [-0.25, -0.2) is 0 Å². The lowest BCUT2D eigenvalue weighted by atomic mass is 9.46. The van der Waals surface area contributed by atoms with Crippen LogP contribution in [0, 0.1) is 35.5 Å². The second-order valence-corrected chi connectivity index (χ2v) is 9.34. The van der Waals surface area contributed by atoms with E-state index in [1.165, 1.54) is 25.7 Å². The van der Waals surface area contributed by atoms with Gasteiger partial charge in [0.25, 0.3) is 0 Å². The molecule has 1 fully saturated rings. The molecule has 2 nitrogen and oxygen atoms in total. The van der Waals surface area contributed by atoms with Gasteiger partial charge < -0.3 is 5.32 Å². The monoisotopic (exact) mass is 342 g/mol. The average Bonchev–Trinajstić information content (AvgIpc) is 2.58. The first kappa shape index (κ1) is 18.7. The Morgan fingerprint density at radius 1 is 1.36 bits per heavy atom. The predicted molar refractivity (Wildman–Crippen MR) is 105 cm³/mol. The Morgan fingerprint density at radius 2 is 2.12 bits per heavy atom. The maximum Gasteiger partial charge on any atom is 0.226 e. The highest BCUT2D eigenvalue weighted by molar-refractivity contribution is 5.83. The molecule has 3 rings (SSSR count). The lowest BCUT2D eigenvalue weighted by Gasteiger charge is -2.57. The highest BCUT2D eigenvalue weighted by atomic mass is 16.2. The van der Waals surface area contributed by atoms with Crippen molar-refractivity contribution in [3.8, 4) is 0 Å². The number of amides is 1. The van der Waals surface area contributed by atoms with Crippen molar-refractivity contribution < 1.29 is 4.79 Å². The highest BCUT2D eigenvalue weighted by Crippen LogP contribution is 2.62. The summed E-state index contributed by atoms with van der Waals surface area (Å²) in [7, 11) is 0. The van der Waals surface area contributed by atoms with Crippen molar-refractivity contribution in [1.82, 2.24) is 5.32 Å². The van der Waals surface area contributed by atoms with Crippen molar-refractivity contribution in [2.45, 2.75) is 72.6 Å². The van der Waals surface area contributed by atoms with Crippen LogP contribution >= 0.6 is 0 Å². The van der Waals surface area contributed by atoms with Crippen molar-refractivity contribution in [1.29, 1.82) is 0 Å². The van der Waals surface area contributed by atoms with Crippen LogP contribution in [0.1, 0.15) is 72.6 Å². The first-order chi connectivity index (χ1) is 11.8. The quantitative estimate of drug-likeness (QED) is 0.722. The van der Waals surface area contributed by atoms with Crippen molar-refractivity contribution in [3.63, 3.8) is 0 Å². The summed E-state index contributed by atoms with van der Waals surface area (Å²) in [6.07, 6.45) is 12.7. The van der Waals surface area contributed by atoms with E-state index in [0.29, 0.717) is 24.3 Å². The molecule has 139 valence electrons. The molecular formula is C23H36NO. The van der Waals surface area contributed by atoms with Crippen molar-refractivity contribution >= 4 is 5.91 Å². The van der Waals surface area contributed by atoms with E-state index in [1.54, 1.807) is 11.1 Å². The third-order valence-corrected chi connectivity index (χ3v) is 7.56. The standard InChI is InChI=1S/C23H36NO/c1-6-14-24-21(25)23(5)13-7-12-22(4)19-10-8-17(16(2)3)15-18(19)9-11-20(22)23/h9,15-16,19-20H,1,6-8,10-14H2,2-5H3,(H,24,25)/t19-,20?,22-,23+/m1/s1. The smallest absolute Gasteiger partial charge is 0.226 e. The molecule has 0 heterocycles. The van der Waals surface area contributed by atoms with E-state index in [2.05, 4.69) is 52.1 Å². The van der Waals surface area contributed by atoms with E-state index >= 15 is 0 Å². The van der Waals surface area contributed by atoms with Gasteiger partial charge in [0.15, 0.2) is 0 Å².